The second-order valence-corrected chi connectivity index (χ2v) is 14.5. The van der Waals surface area contributed by atoms with Crippen molar-refractivity contribution < 1.29 is 18.3 Å². The van der Waals surface area contributed by atoms with Crippen LogP contribution in [0.25, 0.3) is 0 Å². The highest BCUT2D eigenvalue weighted by Gasteiger charge is 2.58. The Labute approximate surface area is 223 Å². The van der Waals surface area contributed by atoms with Gasteiger partial charge in [-0.3, -0.25) is 0 Å². The largest absolute Gasteiger partial charge is 0.387 e. The van der Waals surface area contributed by atoms with E-state index in [4.69, 9.17) is 4.74 Å². The number of nitrogens with zero attached hydrogens (tertiary/aromatic N) is 1. The molecule has 0 bridgehead atoms. The zero-order valence-corrected chi connectivity index (χ0v) is 23.5. The smallest absolute Gasteiger partial charge is 0.240 e. The quantitative estimate of drug-likeness (QED) is 0.503. The third-order valence-corrected chi connectivity index (χ3v) is 12.5. The number of aliphatic hydroxyl groups is 1. The summed E-state index contributed by atoms with van der Waals surface area (Å²) < 4.78 is 35.0. The summed E-state index contributed by atoms with van der Waals surface area (Å²) in [6.45, 7) is 7.58. The lowest BCUT2D eigenvalue weighted by atomic mass is 9.48. The van der Waals surface area contributed by atoms with Crippen LogP contribution in [0.1, 0.15) is 84.1 Å². The van der Waals surface area contributed by atoms with Crippen LogP contribution in [-0.2, 0) is 14.8 Å². The van der Waals surface area contributed by atoms with Crippen LogP contribution in [0.2, 0.25) is 0 Å². The number of nitriles is 1. The molecule has 5 rings (SSSR count). The lowest BCUT2D eigenvalue weighted by Gasteiger charge is -2.57. The van der Waals surface area contributed by atoms with Gasteiger partial charge >= 0.3 is 0 Å². The SMILES string of the molecule is CCOC[C@@]1(O)CC[C@@H]2C3CC[C@@]4(C)C(CCC4[C@@H](C)NS(=O)(=O)c4cccc(C#N)c4)[C@@H]3CC[C@@H]2C1. The first-order valence-electron chi connectivity index (χ1n) is 14.4. The van der Waals surface area contributed by atoms with Gasteiger partial charge in [-0.1, -0.05) is 13.0 Å². The fourth-order valence-corrected chi connectivity index (χ4v) is 10.7. The number of ether oxygens (including phenoxy) is 1. The molecule has 4 aliphatic rings. The van der Waals surface area contributed by atoms with Crippen LogP contribution < -0.4 is 4.72 Å². The summed E-state index contributed by atoms with van der Waals surface area (Å²) in [6, 6.07) is 8.17. The van der Waals surface area contributed by atoms with E-state index in [1.54, 1.807) is 18.2 Å². The number of sulfonamides is 1. The van der Waals surface area contributed by atoms with Gasteiger partial charge in [-0.25, -0.2) is 13.1 Å². The van der Waals surface area contributed by atoms with Crippen LogP contribution in [0, 0.1) is 52.3 Å². The first-order chi connectivity index (χ1) is 17.6. The molecule has 0 spiro atoms. The molecule has 0 amide bonds. The first kappa shape index (κ1) is 27.1. The number of hydrogen-bond donors (Lipinski definition) is 2. The molecule has 1 aromatic rings. The highest BCUT2D eigenvalue weighted by atomic mass is 32.2. The van der Waals surface area contributed by atoms with Gasteiger partial charge in [0, 0.05) is 12.6 Å². The molecule has 4 fully saturated rings. The van der Waals surface area contributed by atoms with Crippen LogP contribution in [0.15, 0.2) is 29.2 Å². The van der Waals surface area contributed by atoms with E-state index in [0.717, 1.165) is 43.9 Å². The minimum Gasteiger partial charge on any atom is -0.387 e. The maximum Gasteiger partial charge on any atom is 0.240 e. The highest BCUT2D eigenvalue weighted by molar-refractivity contribution is 7.89. The van der Waals surface area contributed by atoms with Crippen molar-refractivity contribution in [3.8, 4) is 6.07 Å². The number of fused-ring (bicyclic) bond motifs is 5. The van der Waals surface area contributed by atoms with Crippen LogP contribution >= 0.6 is 0 Å². The van der Waals surface area contributed by atoms with E-state index in [1.807, 2.05) is 19.9 Å². The van der Waals surface area contributed by atoms with E-state index in [9.17, 15) is 18.8 Å². The van der Waals surface area contributed by atoms with Gasteiger partial charge < -0.3 is 9.84 Å². The molecule has 9 atom stereocenters. The molecular weight excluding hydrogens is 484 g/mol. The van der Waals surface area contributed by atoms with Gasteiger partial charge in [0.15, 0.2) is 0 Å². The van der Waals surface area contributed by atoms with Crippen molar-refractivity contribution in [1.29, 1.82) is 5.26 Å². The molecule has 0 aromatic heterocycles. The Bertz CT molecular complexity index is 1130. The Kier molecular flexibility index (Phi) is 7.52. The minimum atomic E-state index is -3.69. The van der Waals surface area contributed by atoms with Crippen molar-refractivity contribution in [3.05, 3.63) is 29.8 Å². The van der Waals surface area contributed by atoms with Gasteiger partial charge in [0.2, 0.25) is 10.0 Å². The van der Waals surface area contributed by atoms with Crippen molar-refractivity contribution in [1.82, 2.24) is 4.72 Å². The number of nitrogens with one attached hydrogen (secondary N) is 1. The van der Waals surface area contributed by atoms with E-state index in [0.29, 0.717) is 42.4 Å². The summed E-state index contributed by atoms with van der Waals surface area (Å²) in [5.41, 5.74) is -0.142. The fourth-order valence-electron chi connectivity index (χ4n) is 9.38. The van der Waals surface area contributed by atoms with E-state index in [-0.39, 0.29) is 16.4 Å². The van der Waals surface area contributed by atoms with Gasteiger partial charge in [0.25, 0.3) is 0 Å². The van der Waals surface area contributed by atoms with Crippen molar-refractivity contribution in [3.63, 3.8) is 0 Å². The predicted octanol–water partition coefficient (Wildman–Crippen LogP) is 5.26. The Morgan fingerprint density at radius 3 is 2.68 bits per heavy atom. The van der Waals surface area contributed by atoms with Crippen LogP contribution in [0.5, 0.6) is 0 Å². The third-order valence-electron chi connectivity index (χ3n) is 11.0. The Morgan fingerprint density at radius 1 is 1.14 bits per heavy atom. The maximum atomic E-state index is 13.2. The average Bonchev–Trinajstić information content (AvgIpc) is 3.24. The van der Waals surface area contributed by atoms with Gasteiger partial charge in [-0.15, -0.1) is 0 Å². The number of hydrogen-bond acceptors (Lipinski definition) is 5. The van der Waals surface area contributed by atoms with Crippen molar-refractivity contribution in [2.24, 2.45) is 40.9 Å². The normalized spacial score (nSPS) is 40.2. The molecule has 3 unspecified atom stereocenters. The molecule has 0 radical (unpaired) electrons. The summed E-state index contributed by atoms with van der Waals surface area (Å²) in [4.78, 5) is 0.168. The molecule has 1 aromatic carbocycles. The molecule has 37 heavy (non-hydrogen) atoms. The van der Waals surface area contributed by atoms with Gasteiger partial charge in [-0.05, 0) is 131 Å². The zero-order chi connectivity index (χ0) is 26.4. The lowest BCUT2D eigenvalue weighted by Crippen LogP contribution is -2.53. The van der Waals surface area contributed by atoms with Crippen molar-refractivity contribution in [2.75, 3.05) is 13.2 Å². The van der Waals surface area contributed by atoms with Crippen LogP contribution in [0.4, 0.5) is 0 Å². The second-order valence-electron chi connectivity index (χ2n) is 12.8. The maximum absolute atomic E-state index is 13.2. The van der Waals surface area contributed by atoms with E-state index >= 15 is 0 Å². The predicted molar refractivity (Wildman–Crippen MR) is 143 cm³/mol. The summed E-state index contributed by atoms with van der Waals surface area (Å²) in [7, 11) is -3.69. The summed E-state index contributed by atoms with van der Waals surface area (Å²) in [5, 5.41) is 20.3. The number of benzene rings is 1. The highest BCUT2D eigenvalue weighted by Crippen LogP contribution is 2.65. The molecule has 204 valence electrons. The molecule has 0 aliphatic heterocycles. The Balaban J connectivity index is 1.27. The van der Waals surface area contributed by atoms with E-state index in [1.165, 1.54) is 31.7 Å². The van der Waals surface area contributed by atoms with Crippen molar-refractivity contribution >= 4 is 10.0 Å². The molecule has 0 saturated heterocycles. The number of rotatable bonds is 7. The topological polar surface area (TPSA) is 99.4 Å². The lowest BCUT2D eigenvalue weighted by molar-refractivity contribution is -0.128. The average molecular weight is 529 g/mol. The van der Waals surface area contributed by atoms with E-state index in [2.05, 4.69) is 11.6 Å². The monoisotopic (exact) mass is 528 g/mol. The standard InChI is InChI=1S/C30H44N2O4S/c1-4-36-19-30(33)15-13-24-22(17-30)8-9-26-25(24)12-14-29(3)27(10-11-28(26)29)20(2)32-37(34,35)23-7-5-6-21(16-23)18-31/h5-7,16,20,22,24-28,32-33H,4,8-15,17,19H2,1-3H3/t20-,22-,24+,25?,26-,27?,28?,29-,30-/m1/s1. The van der Waals surface area contributed by atoms with Gasteiger partial charge in [-0.2, -0.15) is 5.26 Å². The molecule has 7 heteroatoms. The van der Waals surface area contributed by atoms with Crippen LogP contribution in [0.3, 0.4) is 0 Å². The fraction of sp³-hybridized carbons (Fsp3) is 0.767. The first-order valence-corrected chi connectivity index (χ1v) is 15.9. The van der Waals surface area contributed by atoms with E-state index < -0.39 is 15.6 Å². The molecule has 4 saturated carbocycles. The molecular formula is C30H44N2O4S. The third kappa shape index (κ3) is 5.00. The zero-order valence-electron chi connectivity index (χ0n) is 22.7. The molecule has 6 nitrogen and oxygen atoms in total. The summed E-state index contributed by atoms with van der Waals surface area (Å²) in [5.74, 6) is 3.75. The van der Waals surface area contributed by atoms with Crippen molar-refractivity contribution in [2.45, 2.75) is 95.1 Å². The Hall–Kier alpha value is -1.46. The Morgan fingerprint density at radius 2 is 1.92 bits per heavy atom. The minimum absolute atomic E-state index is 0.148. The van der Waals surface area contributed by atoms with Gasteiger partial charge in [0.1, 0.15) is 0 Å². The van der Waals surface area contributed by atoms with Gasteiger partial charge in [0.05, 0.1) is 28.7 Å². The summed E-state index contributed by atoms with van der Waals surface area (Å²) in [6.07, 6.45) is 9.93. The summed E-state index contributed by atoms with van der Waals surface area (Å²) >= 11 is 0. The molecule has 0 heterocycles. The molecule has 4 aliphatic carbocycles. The van der Waals surface area contributed by atoms with Crippen LogP contribution in [-0.4, -0.2) is 38.4 Å². The molecule has 2 N–H and O–H groups in total. The second kappa shape index (κ2) is 10.3.